The molecule has 2 rings (SSSR count). The van der Waals surface area contributed by atoms with Crippen LogP contribution in [0.2, 0.25) is 0 Å². The minimum absolute atomic E-state index is 0.0191. The van der Waals surface area contributed by atoms with Crippen LogP contribution >= 0.6 is 0 Å². The van der Waals surface area contributed by atoms with Gasteiger partial charge in [-0.3, -0.25) is 0 Å². The van der Waals surface area contributed by atoms with Crippen LogP contribution in [0.25, 0.3) is 0 Å². The Morgan fingerprint density at radius 3 is 2.70 bits per heavy atom. The van der Waals surface area contributed by atoms with Crippen molar-refractivity contribution in [2.45, 2.75) is 38.3 Å². The van der Waals surface area contributed by atoms with Crippen LogP contribution in [-0.4, -0.2) is 57.5 Å². The van der Waals surface area contributed by atoms with Crippen LogP contribution in [0.1, 0.15) is 25.3 Å². The second-order valence-corrected chi connectivity index (χ2v) is 8.09. The first kappa shape index (κ1) is 18.4. The van der Waals surface area contributed by atoms with Crippen LogP contribution in [0.3, 0.4) is 0 Å². The zero-order valence-electron chi connectivity index (χ0n) is 14.0. The quantitative estimate of drug-likeness (QED) is 0.690. The van der Waals surface area contributed by atoms with E-state index >= 15 is 0 Å². The molecule has 0 bridgehead atoms. The summed E-state index contributed by atoms with van der Waals surface area (Å²) in [6, 6.07) is 9.97. The molecule has 2 unspecified atom stereocenters. The van der Waals surface area contributed by atoms with Gasteiger partial charge in [0.2, 0.25) is 10.0 Å². The second kappa shape index (κ2) is 8.78. The van der Waals surface area contributed by atoms with Crippen LogP contribution in [0.15, 0.2) is 30.3 Å². The highest BCUT2D eigenvalue weighted by Gasteiger charge is 2.26. The van der Waals surface area contributed by atoms with Crippen molar-refractivity contribution < 1.29 is 17.9 Å². The van der Waals surface area contributed by atoms with Crippen molar-refractivity contribution >= 4 is 10.0 Å². The third-order valence-corrected chi connectivity index (χ3v) is 6.18. The summed E-state index contributed by atoms with van der Waals surface area (Å²) in [7, 11) is -1.64. The van der Waals surface area contributed by atoms with Crippen LogP contribution in [-0.2, 0) is 25.9 Å². The molecule has 1 aromatic carbocycles. The van der Waals surface area contributed by atoms with Gasteiger partial charge in [-0.2, -0.15) is 0 Å². The maximum atomic E-state index is 12.5. The van der Waals surface area contributed by atoms with E-state index in [1.807, 2.05) is 37.3 Å². The number of benzene rings is 1. The zero-order chi connectivity index (χ0) is 16.7. The lowest BCUT2D eigenvalue weighted by Crippen LogP contribution is -2.40. The first-order valence-corrected chi connectivity index (χ1v) is 9.83. The van der Waals surface area contributed by atoms with Gasteiger partial charge < -0.3 is 9.47 Å². The summed E-state index contributed by atoms with van der Waals surface area (Å²) >= 11 is 0. The molecule has 23 heavy (non-hydrogen) atoms. The van der Waals surface area contributed by atoms with Crippen LogP contribution in [0.4, 0.5) is 0 Å². The molecule has 1 aliphatic rings. The fourth-order valence-electron chi connectivity index (χ4n) is 2.75. The first-order chi connectivity index (χ1) is 11.0. The maximum Gasteiger partial charge on any atom is 0.216 e. The van der Waals surface area contributed by atoms with Gasteiger partial charge in [0, 0.05) is 19.7 Å². The molecule has 1 fully saturated rings. The predicted octanol–water partition coefficient (Wildman–Crippen LogP) is 2.07. The summed E-state index contributed by atoms with van der Waals surface area (Å²) in [5, 5.41) is 0. The van der Waals surface area contributed by atoms with Crippen molar-refractivity contribution in [3.63, 3.8) is 0 Å². The van der Waals surface area contributed by atoms with Gasteiger partial charge >= 0.3 is 0 Å². The summed E-state index contributed by atoms with van der Waals surface area (Å²) in [6.07, 6.45) is 2.40. The van der Waals surface area contributed by atoms with Crippen molar-refractivity contribution in [2.75, 3.05) is 32.6 Å². The summed E-state index contributed by atoms with van der Waals surface area (Å²) < 4.78 is 37.3. The molecule has 0 aliphatic carbocycles. The highest BCUT2D eigenvalue weighted by Crippen LogP contribution is 2.15. The zero-order valence-corrected chi connectivity index (χ0v) is 14.8. The van der Waals surface area contributed by atoms with Crippen LogP contribution < -0.4 is 0 Å². The molecule has 1 saturated heterocycles. The van der Waals surface area contributed by atoms with Crippen molar-refractivity contribution in [1.82, 2.24) is 4.31 Å². The number of hydrogen-bond donors (Lipinski definition) is 0. The van der Waals surface area contributed by atoms with E-state index in [0.29, 0.717) is 13.2 Å². The molecule has 2 atom stereocenters. The number of hydrogen-bond acceptors (Lipinski definition) is 4. The summed E-state index contributed by atoms with van der Waals surface area (Å²) in [4.78, 5) is 0. The number of rotatable bonds is 9. The molecule has 1 aliphatic heterocycles. The van der Waals surface area contributed by atoms with Crippen LogP contribution in [0.5, 0.6) is 0 Å². The third-order valence-electron chi connectivity index (χ3n) is 4.32. The predicted molar refractivity (Wildman–Crippen MR) is 91.0 cm³/mol. The Morgan fingerprint density at radius 1 is 1.35 bits per heavy atom. The smallest absolute Gasteiger partial charge is 0.216 e. The Hall–Kier alpha value is -0.950. The molecule has 130 valence electrons. The van der Waals surface area contributed by atoms with Gasteiger partial charge in [-0.1, -0.05) is 37.3 Å². The molecule has 1 heterocycles. The molecular formula is C17H27NO4S. The standard InChI is InChI=1S/C17H27NO4S/c1-3-16(13-15-7-5-4-6-8-15)18(2)23(19,20)12-11-22-17-9-10-21-14-17/h4-8,16-17H,3,9-14H2,1-2H3. The van der Waals surface area contributed by atoms with Crippen molar-refractivity contribution in [1.29, 1.82) is 0 Å². The average Bonchev–Trinajstić information content (AvgIpc) is 3.06. The molecular weight excluding hydrogens is 314 g/mol. The lowest BCUT2D eigenvalue weighted by Gasteiger charge is -2.27. The Morgan fingerprint density at radius 2 is 2.09 bits per heavy atom. The molecule has 0 radical (unpaired) electrons. The summed E-state index contributed by atoms with van der Waals surface area (Å²) in [6.45, 7) is 3.52. The molecule has 0 spiro atoms. The molecule has 5 nitrogen and oxygen atoms in total. The van der Waals surface area contributed by atoms with E-state index < -0.39 is 10.0 Å². The molecule has 6 heteroatoms. The highest BCUT2D eigenvalue weighted by atomic mass is 32.2. The first-order valence-electron chi connectivity index (χ1n) is 8.22. The lowest BCUT2D eigenvalue weighted by atomic mass is 10.0. The van der Waals surface area contributed by atoms with Gasteiger partial charge in [-0.15, -0.1) is 0 Å². The number of nitrogens with zero attached hydrogens (tertiary/aromatic N) is 1. The molecule has 0 saturated carbocycles. The number of ether oxygens (including phenoxy) is 2. The van der Waals surface area contributed by atoms with Crippen molar-refractivity contribution in [3.05, 3.63) is 35.9 Å². The fourth-order valence-corrected chi connectivity index (χ4v) is 4.02. The van der Waals surface area contributed by atoms with Gasteiger partial charge in [0.05, 0.1) is 25.1 Å². The van der Waals surface area contributed by atoms with Gasteiger partial charge in [-0.25, -0.2) is 12.7 Å². The highest BCUT2D eigenvalue weighted by molar-refractivity contribution is 7.89. The van der Waals surface area contributed by atoms with Gasteiger partial charge in [0.15, 0.2) is 0 Å². The molecule has 0 aromatic heterocycles. The van der Waals surface area contributed by atoms with E-state index in [-0.39, 0.29) is 24.5 Å². The lowest BCUT2D eigenvalue weighted by molar-refractivity contribution is 0.0515. The van der Waals surface area contributed by atoms with E-state index in [1.165, 1.54) is 4.31 Å². The van der Waals surface area contributed by atoms with E-state index in [9.17, 15) is 8.42 Å². The third kappa shape index (κ3) is 5.57. The van der Waals surface area contributed by atoms with Crippen molar-refractivity contribution in [3.8, 4) is 0 Å². The molecule has 0 amide bonds. The second-order valence-electron chi connectivity index (χ2n) is 5.94. The maximum absolute atomic E-state index is 12.5. The normalized spacial score (nSPS) is 20.0. The van der Waals surface area contributed by atoms with Gasteiger partial charge in [0.1, 0.15) is 0 Å². The van der Waals surface area contributed by atoms with Crippen molar-refractivity contribution in [2.24, 2.45) is 0 Å². The van der Waals surface area contributed by atoms with E-state index in [2.05, 4.69) is 0 Å². The summed E-state index contributed by atoms with van der Waals surface area (Å²) in [5.74, 6) is 0.0191. The minimum atomic E-state index is -3.32. The average molecular weight is 341 g/mol. The Balaban J connectivity index is 1.88. The fraction of sp³-hybridized carbons (Fsp3) is 0.647. The minimum Gasteiger partial charge on any atom is -0.379 e. The SMILES string of the molecule is CCC(Cc1ccccc1)N(C)S(=O)(=O)CCOC1CCOC1. The van der Waals surface area contributed by atoms with Gasteiger partial charge in [-0.05, 0) is 24.8 Å². The van der Waals surface area contributed by atoms with E-state index in [1.54, 1.807) is 7.05 Å². The Kier molecular flexibility index (Phi) is 7.02. The van der Waals surface area contributed by atoms with E-state index in [0.717, 1.165) is 24.8 Å². The molecule has 1 aromatic rings. The molecule has 0 N–H and O–H groups in total. The monoisotopic (exact) mass is 341 g/mol. The number of likely N-dealkylation sites (N-methyl/N-ethyl adjacent to an activating group) is 1. The number of sulfonamides is 1. The Labute approximate surface area is 139 Å². The summed E-state index contributed by atoms with van der Waals surface area (Å²) in [5.41, 5.74) is 1.15. The van der Waals surface area contributed by atoms with Crippen LogP contribution in [0, 0.1) is 0 Å². The van der Waals surface area contributed by atoms with E-state index in [4.69, 9.17) is 9.47 Å². The van der Waals surface area contributed by atoms with Gasteiger partial charge in [0.25, 0.3) is 0 Å². The largest absolute Gasteiger partial charge is 0.379 e. The Bertz CT molecular complexity index is 555. The topological polar surface area (TPSA) is 55.8 Å².